The highest BCUT2D eigenvalue weighted by atomic mass is 79.9. The predicted octanol–water partition coefficient (Wildman–Crippen LogP) is 1.45. The van der Waals surface area contributed by atoms with Gasteiger partial charge in [-0.25, -0.2) is 0 Å². The lowest BCUT2D eigenvalue weighted by atomic mass is 10.7. The van der Waals surface area contributed by atoms with Crippen LogP contribution < -0.4 is 0 Å². The molecule has 0 heterocycles. The summed E-state index contributed by atoms with van der Waals surface area (Å²) in [5.41, 5.74) is 0. The quantitative estimate of drug-likeness (QED) is 0.419. The van der Waals surface area contributed by atoms with Gasteiger partial charge in [0, 0.05) is 11.1 Å². The Morgan fingerprint density at radius 3 is 1.60 bits per heavy atom. The highest BCUT2D eigenvalue weighted by Gasteiger charge is 2.55. The summed E-state index contributed by atoms with van der Waals surface area (Å²) in [5.74, 6) is 0. The number of rotatable bonds is 2. The van der Waals surface area contributed by atoms with Crippen molar-refractivity contribution in [3.05, 3.63) is 0 Å². The van der Waals surface area contributed by atoms with Gasteiger partial charge in [0.1, 0.15) is 0 Å². The fourth-order valence-electron chi connectivity index (χ4n) is 0.0945. The third-order valence-corrected chi connectivity index (χ3v) is 1.97. The first-order chi connectivity index (χ1) is 4.19. The van der Waals surface area contributed by atoms with Gasteiger partial charge in [-0.1, -0.05) is 0 Å². The smallest absolute Gasteiger partial charge is 0.381 e. The number of hydrogen-bond acceptors (Lipinski definition) is 2. The molecular formula is C2BrF4O2S-. The van der Waals surface area contributed by atoms with Crippen LogP contribution >= 0.6 is 15.9 Å². The average Bonchev–Trinajstić information content (AvgIpc) is 1.62. The minimum Gasteiger partial charge on any atom is -0.768 e. The SMILES string of the molecule is O=S([O-])C(F)(F)C(F)(F)Br. The molecule has 0 aromatic carbocycles. The molecule has 0 aliphatic carbocycles. The predicted molar refractivity (Wildman–Crippen MR) is 27.7 cm³/mol. The van der Waals surface area contributed by atoms with E-state index in [2.05, 4.69) is 0 Å². The summed E-state index contributed by atoms with van der Waals surface area (Å²) < 4.78 is 65.2. The molecule has 10 heavy (non-hydrogen) atoms. The van der Waals surface area contributed by atoms with Crippen LogP contribution in [0.15, 0.2) is 0 Å². The zero-order valence-corrected chi connectivity index (χ0v) is 6.52. The lowest BCUT2D eigenvalue weighted by molar-refractivity contribution is -0.0857. The van der Waals surface area contributed by atoms with E-state index < -0.39 is 21.2 Å². The Labute approximate surface area is 64.0 Å². The first kappa shape index (κ1) is 10.3. The van der Waals surface area contributed by atoms with Crippen LogP contribution in [-0.4, -0.2) is 18.8 Å². The largest absolute Gasteiger partial charge is 0.768 e. The minimum atomic E-state index is -5.06. The molecule has 0 N–H and O–H groups in total. The van der Waals surface area contributed by atoms with E-state index in [1.54, 1.807) is 0 Å². The van der Waals surface area contributed by atoms with E-state index in [0.29, 0.717) is 0 Å². The molecule has 0 aliphatic rings. The molecule has 0 aromatic rings. The Kier molecular flexibility index (Phi) is 2.83. The fraction of sp³-hybridized carbons (Fsp3) is 1.00. The summed E-state index contributed by atoms with van der Waals surface area (Å²) in [4.78, 5) is -4.72. The maximum Gasteiger partial charge on any atom is 0.381 e. The molecule has 0 saturated heterocycles. The van der Waals surface area contributed by atoms with Crippen LogP contribution in [0.2, 0.25) is 0 Å². The van der Waals surface area contributed by atoms with Crippen molar-refractivity contribution in [2.24, 2.45) is 0 Å². The topological polar surface area (TPSA) is 40.1 Å². The van der Waals surface area contributed by atoms with E-state index in [4.69, 9.17) is 0 Å². The van der Waals surface area contributed by atoms with Gasteiger partial charge in [0.15, 0.2) is 0 Å². The maximum absolute atomic E-state index is 11.6. The number of hydrogen-bond donors (Lipinski definition) is 0. The molecule has 1 atom stereocenters. The molecule has 8 heteroatoms. The Hall–Kier alpha value is 0.310. The summed E-state index contributed by atoms with van der Waals surface area (Å²) in [6, 6.07) is 0. The monoisotopic (exact) mass is 243 g/mol. The van der Waals surface area contributed by atoms with E-state index in [1.165, 1.54) is 15.9 Å². The first-order valence-corrected chi connectivity index (χ1v) is 3.60. The molecule has 0 spiro atoms. The van der Waals surface area contributed by atoms with Crippen LogP contribution in [0.25, 0.3) is 0 Å². The van der Waals surface area contributed by atoms with E-state index in [1.807, 2.05) is 0 Å². The van der Waals surface area contributed by atoms with Gasteiger partial charge < -0.3 is 4.55 Å². The Bertz CT molecular complexity index is 154. The molecule has 0 rings (SSSR count). The van der Waals surface area contributed by atoms with Crippen LogP contribution in [0.1, 0.15) is 0 Å². The van der Waals surface area contributed by atoms with Crippen LogP contribution in [-0.2, 0) is 11.1 Å². The van der Waals surface area contributed by atoms with Crippen molar-refractivity contribution in [3.8, 4) is 0 Å². The van der Waals surface area contributed by atoms with Crippen LogP contribution in [0.3, 0.4) is 0 Å². The lowest BCUT2D eigenvalue weighted by Crippen LogP contribution is -2.38. The fourth-order valence-corrected chi connectivity index (χ4v) is 0.680. The Morgan fingerprint density at radius 1 is 1.30 bits per heavy atom. The second-order valence-electron chi connectivity index (χ2n) is 1.25. The molecule has 0 bridgehead atoms. The van der Waals surface area contributed by atoms with Crippen LogP contribution in [0.4, 0.5) is 17.6 Å². The third kappa shape index (κ3) is 1.89. The first-order valence-electron chi connectivity index (χ1n) is 1.73. The third-order valence-electron chi connectivity index (χ3n) is 0.539. The molecule has 1 unspecified atom stereocenters. The van der Waals surface area contributed by atoms with Crippen molar-refractivity contribution in [2.75, 3.05) is 0 Å². The van der Waals surface area contributed by atoms with Gasteiger partial charge in [-0.15, -0.1) is 0 Å². The van der Waals surface area contributed by atoms with Crippen LogP contribution in [0.5, 0.6) is 0 Å². The van der Waals surface area contributed by atoms with Crippen molar-refractivity contribution < 1.29 is 26.3 Å². The van der Waals surface area contributed by atoms with Gasteiger partial charge in [0.25, 0.3) is 0 Å². The molecule has 0 saturated carbocycles. The summed E-state index contributed by atoms with van der Waals surface area (Å²) in [7, 11) is 0. The van der Waals surface area contributed by atoms with E-state index in [9.17, 15) is 26.3 Å². The van der Waals surface area contributed by atoms with Gasteiger partial charge in [0.05, 0.1) is 0 Å². The molecule has 0 aliphatic heterocycles. The molecular weight excluding hydrogens is 244 g/mol. The average molecular weight is 244 g/mol. The second-order valence-corrected chi connectivity index (χ2v) is 3.23. The number of alkyl halides is 5. The standard InChI is InChI=1S/C2HBrF4O2S/c3-1(4,5)2(6,7)10(8)9/h(H,8,9)/p-1. The normalized spacial score (nSPS) is 17.0. The second kappa shape index (κ2) is 2.74. The van der Waals surface area contributed by atoms with Gasteiger partial charge in [-0.2, -0.15) is 17.6 Å². The summed E-state index contributed by atoms with van der Waals surface area (Å²) >= 11 is -2.90. The molecule has 0 fully saturated rings. The van der Waals surface area contributed by atoms with Crippen molar-refractivity contribution >= 4 is 27.0 Å². The Balaban J connectivity index is 4.57. The molecule has 0 amide bonds. The van der Waals surface area contributed by atoms with Gasteiger partial charge >= 0.3 is 10.1 Å². The zero-order chi connectivity index (χ0) is 8.58. The van der Waals surface area contributed by atoms with Crippen molar-refractivity contribution in [1.82, 2.24) is 0 Å². The molecule has 0 radical (unpaired) electrons. The van der Waals surface area contributed by atoms with Crippen molar-refractivity contribution in [1.29, 1.82) is 0 Å². The molecule has 2 nitrogen and oxygen atoms in total. The highest BCUT2D eigenvalue weighted by molar-refractivity contribution is 9.10. The zero-order valence-electron chi connectivity index (χ0n) is 4.11. The van der Waals surface area contributed by atoms with Crippen molar-refractivity contribution in [3.63, 3.8) is 0 Å². The van der Waals surface area contributed by atoms with Crippen molar-refractivity contribution in [2.45, 2.75) is 10.1 Å². The van der Waals surface area contributed by atoms with E-state index in [-0.39, 0.29) is 0 Å². The van der Waals surface area contributed by atoms with Gasteiger partial charge in [0.2, 0.25) is 0 Å². The number of halogens is 5. The maximum atomic E-state index is 11.6. The highest BCUT2D eigenvalue weighted by Crippen LogP contribution is 2.40. The summed E-state index contributed by atoms with van der Waals surface area (Å²) in [5, 5.41) is -5.06. The summed E-state index contributed by atoms with van der Waals surface area (Å²) in [6.45, 7) is 0. The lowest BCUT2D eigenvalue weighted by Gasteiger charge is -2.22. The molecule has 0 aromatic heterocycles. The van der Waals surface area contributed by atoms with E-state index >= 15 is 0 Å². The Morgan fingerprint density at radius 2 is 1.60 bits per heavy atom. The van der Waals surface area contributed by atoms with Crippen LogP contribution in [0, 0.1) is 0 Å². The van der Waals surface area contributed by atoms with Gasteiger partial charge in [-0.05, 0) is 15.9 Å². The van der Waals surface area contributed by atoms with E-state index in [0.717, 1.165) is 0 Å². The van der Waals surface area contributed by atoms with Gasteiger partial charge in [-0.3, -0.25) is 4.21 Å². The molecule has 62 valence electrons. The minimum absolute atomic E-state index is 1.22. The summed E-state index contributed by atoms with van der Waals surface area (Å²) in [6.07, 6.45) is 0.